The van der Waals surface area contributed by atoms with Crippen molar-refractivity contribution in [3.8, 4) is 5.69 Å². The summed E-state index contributed by atoms with van der Waals surface area (Å²) in [6.45, 7) is 8.23. The minimum absolute atomic E-state index is 0.0111. The minimum atomic E-state index is -0.584. The zero-order valence-electron chi connectivity index (χ0n) is 20.3. The second-order valence-electron chi connectivity index (χ2n) is 9.84. The van der Waals surface area contributed by atoms with Gasteiger partial charge in [0.25, 0.3) is 0 Å². The normalized spacial score (nSPS) is 15.0. The van der Waals surface area contributed by atoms with Crippen LogP contribution in [0.15, 0.2) is 66.9 Å². The maximum atomic E-state index is 14.0. The van der Waals surface area contributed by atoms with Gasteiger partial charge in [0.2, 0.25) is 11.8 Å². The molecule has 0 bridgehead atoms. The number of nitrogens with zero attached hydrogens (tertiary/aromatic N) is 3. The van der Waals surface area contributed by atoms with Crippen LogP contribution >= 0.6 is 0 Å². The van der Waals surface area contributed by atoms with Gasteiger partial charge in [-0.3, -0.25) is 14.5 Å². The third kappa shape index (κ3) is 4.49. The quantitative estimate of drug-likeness (QED) is 0.471. The summed E-state index contributed by atoms with van der Waals surface area (Å²) in [6.07, 6.45) is 3.74. The third-order valence-electron chi connectivity index (χ3n) is 6.21. The molecule has 3 aromatic rings. The lowest BCUT2D eigenvalue weighted by atomic mass is 9.94. The molecule has 1 atom stereocenters. The van der Waals surface area contributed by atoms with E-state index in [1.54, 1.807) is 21.9 Å². The summed E-state index contributed by atoms with van der Waals surface area (Å²) in [4.78, 5) is 30.6. The molecule has 0 fully saturated rings. The van der Waals surface area contributed by atoms with Gasteiger partial charge in [0.1, 0.15) is 18.4 Å². The van der Waals surface area contributed by atoms with E-state index in [1.807, 2.05) is 63.4 Å². The number of carbonyl (C=O) groups excluding carboxylic acids is 2. The number of benzene rings is 2. The van der Waals surface area contributed by atoms with Crippen LogP contribution in [0.5, 0.6) is 0 Å². The number of para-hydroxylation sites is 2. The number of halogens is 1. The molecule has 5 nitrogen and oxygen atoms in total. The van der Waals surface area contributed by atoms with Crippen molar-refractivity contribution in [3.05, 3.63) is 83.9 Å². The van der Waals surface area contributed by atoms with Gasteiger partial charge in [0.15, 0.2) is 0 Å². The number of hydrogen-bond acceptors (Lipinski definition) is 2. The zero-order valence-corrected chi connectivity index (χ0v) is 20.3. The van der Waals surface area contributed by atoms with E-state index in [0.717, 1.165) is 35.5 Å². The van der Waals surface area contributed by atoms with Crippen LogP contribution in [0.1, 0.15) is 57.8 Å². The monoisotopic (exact) mass is 461 g/mol. The molecule has 2 aromatic carbocycles. The van der Waals surface area contributed by atoms with E-state index in [-0.39, 0.29) is 24.2 Å². The third-order valence-corrected chi connectivity index (χ3v) is 6.21. The van der Waals surface area contributed by atoms with Gasteiger partial charge in [-0.1, -0.05) is 58.4 Å². The molecule has 1 aliphatic rings. The van der Waals surface area contributed by atoms with Gasteiger partial charge in [-0.05, 0) is 48.4 Å². The van der Waals surface area contributed by atoms with Crippen molar-refractivity contribution in [3.63, 3.8) is 0 Å². The van der Waals surface area contributed by atoms with Crippen LogP contribution in [0, 0.1) is 11.2 Å². The summed E-state index contributed by atoms with van der Waals surface area (Å²) in [5, 5.41) is 0. The van der Waals surface area contributed by atoms with Gasteiger partial charge in [0, 0.05) is 18.2 Å². The van der Waals surface area contributed by atoms with Gasteiger partial charge in [-0.15, -0.1) is 0 Å². The number of fused-ring (bicyclic) bond motifs is 3. The van der Waals surface area contributed by atoms with E-state index >= 15 is 0 Å². The summed E-state index contributed by atoms with van der Waals surface area (Å²) in [5.41, 5.74) is 2.81. The van der Waals surface area contributed by atoms with Crippen molar-refractivity contribution < 1.29 is 14.0 Å². The van der Waals surface area contributed by atoms with Crippen molar-refractivity contribution in [2.24, 2.45) is 5.41 Å². The van der Waals surface area contributed by atoms with Crippen molar-refractivity contribution >= 4 is 17.5 Å². The Morgan fingerprint density at radius 1 is 0.971 bits per heavy atom. The fourth-order valence-corrected chi connectivity index (χ4v) is 4.54. The van der Waals surface area contributed by atoms with Crippen LogP contribution in [0.3, 0.4) is 0 Å². The van der Waals surface area contributed by atoms with Crippen LogP contribution in [-0.4, -0.2) is 34.4 Å². The molecule has 0 spiro atoms. The molecule has 2 heterocycles. The van der Waals surface area contributed by atoms with Crippen molar-refractivity contribution in [2.45, 2.75) is 46.6 Å². The fourth-order valence-electron chi connectivity index (χ4n) is 4.54. The van der Waals surface area contributed by atoms with Crippen molar-refractivity contribution in [2.75, 3.05) is 18.0 Å². The van der Waals surface area contributed by atoms with E-state index < -0.39 is 11.5 Å². The Morgan fingerprint density at radius 2 is 1.65 bits per heavy atom. The molecular formula is C28H32FN3O2. The topological polar surface area (TPSA) is 45.6 Å². The predicted molar refractivity (Wildman–Crippen MR) is 132 cm³/mol. The molecule has 0 aliphatic carbocycles. The lowest BCUT2D eigenvalue weighted by Gasteiger charge is -2.40. The van der Waals surface area contributed by atoms with E-state index in [0.29, 0.717) is 6.54 Å². The van der Waals surface area contributed by atoms with Gasteiger partial charge < -0.3 is 9.47 Å². The lowest BCUT2D eigenvalue weighted by molar-refractivity contribution is -0.142. The molecule has 1 unspecified atom stereocenters. The van der Waals surface area contributed by atoms with Gasteiger partial charge >= 0.3 is 0 Å². The highest BCUT2D eigenvalue weighted by atomic mass is 19.1. The number of carbonyl (C=O) groups is 2. The molecule has 1 aliphatic heterocycles. The fraction of sp³-hybridized carbons (Fsp3) is 0.357. The van der Waals surface area contributed by atoms with Crippen LogP contribution in [0.25, 0.3) is 5.69 Å². The molecular weight excluding hydrogens is 429 g/mol. The summed E-state index contributed by atoms with van der Waals surface area (Å²) < 4.78 is 15.8. The average Bonchev–Trinajstić information content (AvgIpc) is 3.30. The van der Waals surface area contributed by atoms with E-state index in [1.165, 1.54) is 12.1 Å². The maximum absolute atomic E-state index is 14.0. The first-order valence-corrected chi connectivity index (χ1v) is 11.9. The first kappa shape index (κ1) is 23.7. The van der Waals surface area contributed by atoms with E-state index in [9.17, 15) is 14.0 Å². The molecule has 0 saturated heterocycles. The van der Waals surface area contributed by atoms with Crippen LogP contribution in [-0.2, 0) is 9.59 Å². The molecule has 6 heteroatoms. The molecule has 2 amide bonds. The number of hydrogen-bond donors (Lipinski definition) is 0. The highest BCUT2D eigenvalue weighted by Crippen LogP contribution is 2.42. The van der Waals surface area contributed by atoms with Crippen LogP contribution < -0.4 is 4.90 Å². The van der Waals surface area contributed by atoms with Gasteiger partial charge in [0.05, 0.1) is 17.1 Å². The second-order valence-corrected chi connectivity index (χ2v) is 9.84. The maximum Gasteiger partial charge on any atom is 0.247 e. The summed E-state index contributed by atoms with van der Waals surface area (Å²) >= 11 is 0. The Labute approximate surface area is 200 Å². The summed E-state index contributed by atoms with van der Waals surface area (Å²) in [6, 6.07) is 17.5. The molecule has 0 saturated carbocycles. The average molecular weight is 462 g/mol. The van der Waals surface area contributed by atoms with Gasteiger partial charge in [-0.2, -0.15) is 0 Å². The number of unbranched alkanes of at least 4 members (excludes halogenated alkanes) is 1. The van der Waals surface area contributed by atoms with Gasteiger partial charge in [-0.25, -0.2) is 4.39 Å². The highest BCUT2D eigenvalue weighted by molar-refractivity contribution is 6.00. The molecule has 4 rings (SSSR count). The smallest absolute Gasteiger partial charge is 0.247 e. The van der Waals surface area contributed by atoms with E-state index in [4.69, 9.17) is 0 Å². The van der Waals surface area contributed by atoms with Crippen LogP contribution in [0.2, 0.25) is 0 Å². The number of anilines is 1. The van der Waals surface area contributed by atoms with E-state index in [2.05, 4.69) is 11.5 Å². The zero-order chi connectivity index (χ0) is 24.5. The van der Waals surface area contributed by atoms with Crippen molar-refractivity contribution in [1.82, 2.24) is 9.47 Å². The lowest BCUT2D eigenvalue weighted by Crippen LogP contribution is -2.49. The Kier molecular flexibility index (Phi) is 6.60. The Hall–Kier alpha value is -3.41. The SMILES string of the molecule is CCCCN(CC(=O)N1c2ccccc2-n2cccc2C1c1ccc(F)cc1)C(=O)C(C)(C)C. The molecule has 0 N–H and O–H groups in total. The summed E-state index contributed by atoms with van der Waals surface area (Å²) in [7, 11) is 0. The second kappa shape index (κ2) is 9.45. The van der Waals surface area contributed by atoms with Crippen LogP contribution in [0.4, 0.5) is 10.1 Å². The largest absolute Gasteiger partial charge is 0.333 e. The minimum Gasteiger partial charge on any atom is -0.333 e. The number of aromatic nitrogens is 1. The Bertz CT molecular complexity index is 1180. The first-order chi connectivity index (χ1) is 16.2. The van der Waals surface area contributed by atoms with Crippen molar-refractivity contribution in [1.29, 1.82) is 0 Å². The Morgan fingerprint density at radius 3 is 2.29 bits per heavy atom. The molecule has 0 radical (unpaired) electrons. The number of rotatable bonds is 6. The molecule has 178 valence electrons. The standard InChI is InChI=1S/C28H32FN3O2/c1-5-6-17-30(27(34)28(2,3)4)19-25(33)32-23-11-8-7-10-22(23)31-18-9-12-24(31)26(32)20-13-15-21(29)16-14-20/h7-16,18,26H,5-6,17,19H2,1-4H3. The Balaban J connectivity index is 1.78. The first-order valence-electron chi connectivity index (χ1n) is 11.9. The predicted octanol–water partition coefficient (Wildman–Crippen LogP) is 5.73. The highest BCUT2D eigenvalue weighted by Gasteiger charge is 2.38. The number of amides is 2. The summed E-state index contributed by atoms with van der Waals surface area (Å²) in [5.74, 6) is -0.529. The molecule has 34 heavy (non-hydrogen) atoms. The molecule has 1 aromatic heterocycles.